The highest BCUT2D eigenvalue weighted by Crippen LogP contribution is 2.31. The Morgan fingerprint density at radius 2 is 1.68 bits per heavy atom. The Bertz CT molecular complexity index is 1070. The van der Waals surface area contributed by atoms with Crippen LogP contribution < -0.4 is 0 Å². The summed E-state index contributed by atoms with van der Waals surface area (Å²) in [6, 6.07) is 22.9. The molecule has 180 valence electrons. The standard InChI is InChI=1S/C27H27Cl2NO3.ClH/c28-22-10-11-24(26(29)18-22)21(12-13-30-14-16-32-17-15-30)19-33-27(31)25-9-5-4-8-23(25)20-6-2-1-3-7-20;/h1-11,18,21H,12-17,19H2;1H. The minimum Gasteiger partial charge on any atom is -0.461 e. The molecule has 0 aliphatic carbocycles. The van der Waals surface area contributed by atoms with Gasteiger partial charge in [-0.05, 0) is 47.9 Å². The minimum atomic E-state index is -0.337. The number of halogens is 3. The van der Waals surface area contributed by atoms with Crippen molar-refractivity contribution in [2.24, 2.45) is 0 Å². The second-order valence-corrected chi connectivity index (χ2v) is 8.96. The maximum atomic E-state index is 13.1. The Morgan fingerprint density at radius 3 is 2.41 bits per heavy atom. The van der Waals surface area contributed by atoms with Crippen molar-refractivity contribution < 1.29 is 14.3 Å². The lowest BCUT2D eigenvalue weighted by molar-refractivity contribution is 0.0330. The first-order valence-corrected chi connectivity index (χ1v) is 11.9. The number of morpholine rings is 1. The van der Waals surface area contributed by atoms with Crippen LogP contribution in [0.4, 0.5) is 0 Å². The molecule has 1 aliphatic rings. The molecule has 1 atom stereocenters. The molecule has 7 heteroatoms. The van der Waals surface area contributed by atoms with Crippen molar-refractivity contribution in [3.05, 3.63) is 94.0 Å². The van der Waals surface area contributed by atoms with Crippen LogP contribution in [0.2, 0.25) is 10.0 Å². The highest BCUT2D eigenvalue weighted by Gasteiger charge is 2.21. The van der Waals surface area contributed by atoms with E-state index in [0.717, 1.165) is 56.0 Å². The number of hydrogen-bond donors (Lipinski definition) is 0. The quantitative estimate of drug-likeness (QED) is 0.308. The molecule has 0 N–H and O–H groups in total. The fourth-order valence-corrected chi connectivity index (χ4v) is 4.67. The van der Waals surface area contributed by atoms with Gasteiger partial charge in [-0.3, -0.25) is 4.90 Å². The van der Waals surface area contributed by atoms with Gasteiger partial charge >= 0.3 is 5.97 Å². The second kappa shape index (κ2) is 13.1. The van der Waals surface area contributed by atoms with Crippen LogP contribution in [0.3, 0.4) is 0 Å². The zero-order valence-electron chi connectivity index (χ0n) is 18.8. The summed E-state index contributed by atoms with van der Waals surface area (Å²) < 4.78 is 11.3. The molecule has 1 aliphatic heterocycles. The summed E-state index contributed by atoms with van der Waals surface area (Å²) >= 11 is 12.6. The van der Waals surface area contributed by atoms with E-state index in [1.807, 2.05) is 66.7 Å². The third-order valence-corrected chi connectivity index (χ3v) is 6.51. The van der Waals surface area contributed by atoms with Crippen LogP contribution in [0.1, 0.15) is 28.3 Å². The molecule has 1 fully saturated rings. The molecule has 34 heavy (non-hydrogen) atoms. The zero-order valence-corrected chi connectivity index (χ0v) is 21.1. The molecule has 1 heterocycles. The Balaban J connectivity index is 0.00000324. The van der Waals surface area contributed by atoms with Crippen LogP contribution in [0, 0.1) is 0 Å². The Kier molecular flexibility index (Phi) is 10.2. The van der Waals surface area contributed by atoms with Gasteiger partial charge in [-0.15, -0.1) is 12.4 Å². The molecule has 1 saturated heterocycles. The summed E-state index contributed by atoms with van der Waals surface area (Å²) in [4.78, 5) is 15.5. The van der Waals surface area contributed by atoms with Gasteiger partial charge in [0.1, 0.15) is 0 Å². The fraction of sp³-hybridized carbons (Fsp3) is 0.296. The molecule has 3 aromatic carbocycles. The minimum absolute atomic E-state index is 0. The van der Waals surface area contributed by atoms with Crippen LogP contribution in [0.5, 0.6) is 0 Å². The molecular formula is C27H28Cl3NO3. The lowest BCUT2D eigenvalue weighted by Gasteiger charge is -2.28. The summed E-state index contributed by atoms with van der Waals surface area (Å²) in [7, 11) is 0. The zero-order chi connectivity index (χ0) is 23.0. The third kappa shape index (κ3) is 6.97. The van der Waals surface area contributed by atoms with E-state index in [-0.39, 0.29) is 30.9 Å². The first kappa shape index (κ1) is 26.5. The first-order valence-electron chi connectivity index (χ1n) is 11.2. The molecule has 0 saturated carbocycles. The van der Waals surface area contributed by atoms with Crippen LogP contribution in [-0.4, -0.2) is 50.3 Å². The van der Waals surface area contributed by atoms with Crippen molar-refractivity contribution in [2.75, 3.05) is 39.5 Å². The van der Waals surface area contributed by atoms with Crippen molar-refractivity contribution in [1.82, 2.24) is 4.90 Å². The van der Waals surface area contributed by atoms with Gasteiger partial charge < -0.3 is 9.47 Å². The van der Waals surface area contributed by atoms with E-state index in [9.17, 15) is 4.79 Å². The molecule has 0 radical (unpaired) electrons. The van der Waals surface area contributed by atoms with Crippen LogP contribution in [0.15, 0.2) is 72.8 Å². The monoisotopic (exact) mass is 519 g/mol. The van der Waals surface area contributed by atoms with Crippen LogP contribution in [-0.2, 0) is 9.47 Å². The lowest BCUT2D eigenvalue weighted by atomic mass is 9.95. The lowest BCUT2D eigenvalue weighted by Crippen LogP contribution is -2.37. The SMILES string of the molecule is Cl.O=C(OCC(CCN1CCOCC1)c1ccc(Cl)cc1Cl)c1ccccc1-c1ccccc1. The van der Waals surface area contributed by atoms with Gasteiger partial charge in [-0.25, -0.2) is 4.79 Å². The second-order valence-electron chi connectivity index (χ2n) is 8.12. The smallest absolute Gasteiger partial charge is 0.338 e. The summed E-state index contributed by atoms with van der Waals surface area (Å²) in [6.07, 6.45) is 0.814. The van der Waals surface area contributed by atoms with Gasteiger partial charge in [-0.1, -0.05) is 77.8 Å². The molecule has 0 spiro atoms. The fourth-order valence-electron chi connectivity index (χ4n) is 4.11. The maximum absolute atomic E-state index is 13.1. The number of esters is 1. The Morgan fingerprint density at radius 1 is 0.971 bits per heavy atom. The highest BCUT2D eigenvalue weighted by atomic mass is 35.5. The average Bonchev–Trinajstić information content (AvgIpc) is 2.85. The van der Waals surface area contributed by atoms with Crippen molar-refractivity contribution in [2.45, 2.75) is 12.3 Å². The van der Waals surface area contributed by atoms with E-state index in [2.05, 4.69) is 4.90 Å². The average molecular weight is 521 g/mol. The number of carbonyl (C=O) groups excluding carboxylic acids is 1. The van der Waals surface area contributed by atoms with Crippen molar-refractivity contribution in [3.63, 3.8) is 0 Å². The van der Waals surface area contributed by atoms with Crippen molar-refractivity contribution >= 4 is 41.6 Å². The van der Waals surface area contributed by atoms with Gasteiger partial charge in [0.15, 0.2) is 0 Å². The molecule has 0 bridgehead atoms. The number of benzene rings is 3. The first-order chi connectivity index (χ1) is 16.1. The summed E-state index contributed by atoms with van der Waals surface area (Å²) in [5.41, 5.74) is 3.34. The van der Waals surface area contributed by atoms with Gasteiger partial charge in [0.05, 0.1) is 25.4 Å². The molecule has 3 aromatic rings. The third-order valence-electron chi connectivity index (χ3n) is 5.95. The van der Waals surface area contributed by atoms with Crippen LogP contribution >= 0.6 is 35.6 Å². The number of hydrogen-bond acceptors (Lipinski definition) is 4. The van der Waals surface area contributed by atoms with Crippen LogP contribution in [0.25, 0.3) is 11.1 Å². The Labute approximate surface area is 217 Å². The van der Waals surface area contributed by atoms with Gasteiger partial charge in [0.25, 0.3) is 0 Å². The van der Waals surface area contributed by atoms with E-state index in [1.165, 1.54) is 0 Å². The molecule has 0 amide bonds. The predicted octanol–water partition coefficient (Wildman–Crippen LogP) is 6.75. The summed E-state index contributed by atoms with van der Waals surface area (Å²) in [6.45, 7) is 4.44. The number of ether oxygens (including phenoxy) is 2. The predicted molar refractivity (Wildman–Crippen MR) is 140 cm³/mol. The Hall–Kier alpha value is -2.08. The topological polar surface area (TPSA) is 38.8 Å². The molecule has 4 nitrogen and oxygen atoms in total. The largest absolute Gasteiger partial charge is 0.461 e. The molecular weight excluding hydrogens is 493 g/mol. The van der Waals surface area contributed by atoms with E-state index < -0.39 is 0 Å². The molecule has 0 aromatic heterocycles. The van der Waals surface area contributed by atoms with Gasteiger partial charge in [0, 0.05) is 29.1 Å². The van der Waals surface area contributed by atoms with E-state index in [4.69, 9.17) is 32.7 Å². The number of nitrogens with zero attached hydrogens (tertiary/aromatic N) is 1. The normalized spacial score (nSPS) is 14.8. The van der Waals surface area contributed by atoms with Crippen molar-refractivity contribution in [3.8, 4) is 11.1 Å². The van der Waals surface area contributed by atoms with Gasteiger partial charge in [-0.2, -0.15) is 0 Å². The number of rotatable bonds is 8. The highest BCUT2D eigenvalue weighted by molar-refractivity contribution is 6.35. The molecule has 1 unspecified atom stereocenters. The van der Waals surface area contributed by atoms with Gasteiger partial charge in [0.2, 0.25) is 0 Å². The summed E-state index contributed by atoms with van der Waals surface area (Å²) in [5.74, 6) is -0.374. The van der Waals surface area contributed by atoms with E-state index in [0.29, 0.717) is 15.6 Å². The number of carbonyl (C=O) groups is 1. The molecule has 4 rings (SSSR count). The van der Waals surface area contributed by atoms with E-state index in [1.54, 1.807) is 6.07 Å². The summed E-state index contributed by atoms with van der Waals surface area (Å²) in [5, 5.41) is 1.18. The van der Waals surface area contributed by atoms with E-state index >= 15 is 0 Å². The maximum Gasteiger partial charge on any atom is 0.338 e. The van der Waals surface area contributed by atoms with Crippen molar-refractivity contribution in [1.29, 1.82) is 0 Å².